The largest absolute Gasteiger partial charge is 0.459 e. The van der Waals surface area contributed by atoms with E-state index in [1.165, 1.54) is 6.26 Å². The van der Waals surface area contributed by atoms with E-state index in [-0.39, 0.29) is 5.91 Å². The van der Waals surface area contributed by atoms with Crippen molar-refractivity contribution < 1.29 is 9.21 Å². The molecule has 3 heterocycles. The molecule has 1 saturated heterocycles. The molecule has 1 N–H and O–H groups in total. The van der Waals surface area contributed by atoms with Crippen molar-refractivity contribution in [2.75, 3.05) is 13.1 Å². The number of hydrogen-bond donors (Lipinski definition) is 1. The van der Waals surface area contributed by atoms with Gasteiger partial charge < -0.3 is 9.32 Å². The Hall–Kier alpha value is -2.89. The third-order valence-electron chi connectivity index (χ3n) is 4.35. The van der Waals surface area contributed by atoms with Crippen LogP contribution in [0.3, 0.4) is 0 Å². The van der Waals surface area contributed by atoms with Gasteiger partial charge in [0.2, 0.25) is 0 Å². The third-order valence-corrected chi connectivity index (χ3v) is 4.35. The number of aromatic nitrogens is 3. The highest BCUT2D eigenvalue weighted by atomic mass is 16.3. The normalized spacial score (nSPS) is 17.3. The van der Waals surface area contributed by atoms with Gasteiger partial charge in [0.25, 0.3) is 5.91 Å². The molecule has 122 valence electrons. The lowest BCUT2D eigenvalue weighted by Crippen LogP contribution is -2.28. The van der Waals surface area contributed by atoms with Crippen LogP contribution in [0.4, 0.5) is 0 Å². The van der Waals surface area contributed by atoms with Crippen LogP contribution in [0.15, 0.2) is 53.1 Å². The molecule has 1 atom stereocenters. The maximum atomic E-state index is 12.3. The molecule has 4 rings (SSSR count). The topological polar surface area (TPSA) is 75.0 Å². The molecule has 1 aliphatic rings. The second-order valence-corrected chi connectivity index (χ2v) is 6.06. The minimum absolute atomic E-state index is 0.0370. The van der Waals surface area contributed by atoms with Crippen molar-refractivity contribution in [1.29, 1.82) is 0 Å². The summed E-state index contributed by atoms with van der Waals surface area (Å²) in [5.41, 5.74) is 1.00. The minimum Gasteiger partial charge on any atom is -0.459 e. The lowest BCUT2D eigenvalue weighted by molar-refractivity contribution is 0.0755. The number of aromatic amines is 1. The molecule has 0 aliphatic carbocycles. The molecule has 1 aliphatic heterocycles. The van der Waals surface area contributed by atoms with Crippen molar-refractivity contribution in [3.8, 4) is 11.4 Å². The number of H-pyrrole nitrogens is 1. The quantitative estimate of drug-likeness (QED) is 0.801. The van der Waals surface area contributed by atoms with Gasteiger partial charge in [0.05, 0.1) is 6.26 Å². The average Bonchev–Trinajstić information content (AvgIpc) is 3.37. The summed E-state index contributed by atoms with van der Waals surface area (Å²) in [4.78, 5) is 18.7. The highest BCUT2D eigenvalue weighted by molar-refractivity contribution is 5.91. The lowest BCUT2D eigenvalue weighted by Gasteiger charge is -2.14. The van der Waals surface area contributed by atoms with Crippen molar-refractivity contribution in [3.05, 3.63) is 60.3 Å². The summed E-state index contributed by atoms with van der Waals surface area (Å²) < 4.78 is 5.19. The predicted molar refractivity (Wildman–Crippen MR) is 88.2 cm³/mol. The molecule has 0 spiro atoms. The van der Waals surface area contributed by atoms with Gasteiger partial charge in [-0.15, -0.1) is 0 Å². The second-order valence-electron chi connectivity index (χ2n) is 6.06. The van der Waals surface area contributed by atoms with Crippen LogP contribution in [0.5, 0.6) is 0 Å². The molecular formula is C18H18N4O2. The number of benzene rings is 1. The number of furan rings is 1. The van der Waals surface area contributed by atoms with Gasteiger partial charge in [-0.25, -0.2) is 4.98 Å². The Balaban J connectivity index is 1.39. The van der Waals surface area contributed by atoms with E-state index in [0.29, 0.717) is 17.5 Å². The van der Waals surface area contributed by atoms with Crippen molar-refractivity contribution in [2.24, 2.45) is 5.92 Å². The minimum atomic E-state index is -0.0370. The molecular weight excluding hydrogens is 304 g/mol. The predicted octanol–water partition coefficient (Wildman–Crippen LogP) is 2.77. The second kappa shape index (κ2) is 6.31. The number of rotatable bonds is 4. The summed E-state index contributed by atoms with van der Waals surface area (Å²) in [6, 6.07) is 13.3. The average molecular weight is 322 g/mol. The number of nitrogens with zero attached hydrogens (tertiary/aromatic N) is 3. The third kappa shape index (κ3) is 2.95. The Morgan fingerprint density at radius 1 is 1.25 bits per heavy atom. The van der Waals surface area contributed by atoms with Crippen LogP contribution in [-0.4, -0.2) is 39.1 Å². The first-order chi connectivity index (χ1) is 11.8. The highest BCUT2D eigenvalue weighted by Gasteiger charge is 2.29. The van der Waals surface area contributed by atoms with Crippen LogP contribution >= 0.6 is 0 Å². The van der Waals surface area contributed by atoms with Gasteiger partial charge in [0, 0.05) is 25.1 Å². The van der Waals surface area contributed by atoms with E-state index in [2.05, 4.69) is 15.2 Å². The van der Waals surface area contributed by atoms with Gasteiger partial charge in [-0.3, -0.25) is 9.89 Å². The van der Waals surface area contributed by atoms with E-state index in [1.54, 1.807) is 12.1 Å². The molecule has 24 heavy (non-hydrogen) atoms. The molecule has 6 nitrogen and oxygen atoms in total. The number of likely N-dealkylation sites (tertiary alicyclic amines) is 1. The Morgan fingerprint density at radius 2 is 2.12 bits per heavy atom. The fraction of sp³-hybridized carbons (Fsp3) is 0.278. The summed E-state index contributed by atoms with van der Waals surface area (Å²) >= 11 is 0. The molecule has 3 aromatic rings. The van der Waals surface area contributed by atoms with Crippen molar-refractivity contribution in [1.82, 2.24) is 20.1 Å². The monoisotopic (exact) mass is 322 g/mol. The van der Waals surface area contributed by atoms with Gasteiger partial charge in [-0.2, -0.15) is 5.10 Å². The van der Waals surface area contributed by atoms with E-state index in [0.717, 1.165) is 37.3 Å². The number of carbonyl (C=O) groups is 1. The number of carbonyl (C=O) groups excluding carboxylic acids is 1. The molecule has 0 radical (unpaired) electrons. The van der Waals surface area contributed by atoms with E-state index in [4.69, 9.17) is 4.42 Å². The summed E-state index contributed by atoms with van der Waals surface area (Å²) in [6.07, 6.45) is 3.29. The zero-order valence-corrected chi connectivity index (χ0v) is 13.2. The van der Waals surface area contributed by atoms with Gasteiger partial charge >= 0.3 is 0 Å². The molecule has 1 aromatic carbocycles. The number of nitrogens with one attached hydrogen (secondary N) is 1. The van der Waals surface area contributed by atoms with Gasteiger partial charge in [0.1, 0.15) is 5.82 Å². The molecule has 6 heteroatoms. The number of hydrogen-bond acceptors (Lipinski definition) is 4. The molecule has 2 aromatic heterocycles. The SMILES string of the molecule is O=C(c1ccco1)N1CCC(Cc2nc(-c3ccccc3)n[nH]2)C1. The Morgan fingerprint density at radius 3 is 2.92 bits per heavy atom. The Labute approximate surface area is 139 Å². The van der Waals surface area contributed by atoms with E-state index in [9.17, 15) is 4.79 Å². The summed E-state index contributed by atoms with van der Waals surface area (Å²) in [6.45, 7) is 1.48. The van der Waals surface area contributed by atoms with Crippen LogP contribution in [0.2, 0.25) is 0 Å². The summed E-state index contributed by atoms with van der Waals surface area (Å²) in [5, 5.41) is 7.31. The van der Waals surface area contributed by atoms with Crippen LogP contribution in [-0.2, 0) is 6.42 Å². The van der Waals surface area contributed by atoms with Crippen molar-refractivity contribution in [3.63, 3.8) is 0 Å². The van der Waals surface area contributed by atoms with Crippen LogP contribution in [0.1, 0.15) is 22.8 Å². The summed E-state index contributed by atoms with van der Waals surface area (Å²) in [7, 11) is 0. The smallest absolute Gasteiger partial charge is 0.289 e. The first-order valence-corrected chi connectivity index (χ1v) is 8.09. The van der Waals surface area contributed by atoms with E-state index in [1.807, 2.05) is 35.2 Å². The van der Waals surface area contributed by atoms with Crippen LogP contribution < -0.4 is 0 Å². The zero-order chi connectivity index (χ0) is 16.4. The first kappa shape index (κ1) is 14.7. The van der Waals surface area contributed by atoms with Gasteiger partial charge in [-0.05, 0) is 24.5 Å². The van der Waals surface area contributed by atoms with Crippen molar-refractivity contribution >= 4 is 5.91 Å². The van der Waals surface area contributed by atoms with Crippen LogP contribution in [0.25, 0.3) is 11.4 Å². The fourth-order valence-corrected chi connectivity index (χ4v) is 3.12. The van der Waals surface area contributed by atoms with Crippen molar-refractivity contribution in [2.45, 2.75) is 12.8 Å². The molecule has 1 unspecified atom stereocenters. The van der Waals surface area contributed by atoms with E-state index >= 15 is 0 Å². The maximum Gasteiger partial charge on any atom is 0.289 e. The molecule has 0 saturated carbocycles. The first-order valence-electron chi connectivity index (χ1n) is 8.09. The van der Waals surface area contributed by atoms with E-state index < -0.39 is 0 Å². The maximum absolute atomic E-state index is 12.3. The van der Waals surface area contributed by atoms with Gasteiger partial charge in [0.15, 0.2) is 11.6 Å². The molecule has 0 bridgehead atoms. The molecule has 1 fully saturated rings. The Bertz CT molecular complexity index is 811. The van der Waals surface area contributed by atoms with Crippen LogP contribution in [0, 0.1) is 5.92 Å². The fourth-order valence-electron chi connectivity index (χ4n) is 3.12. The Kier molecular flexibility index (Phi) is 3.86. The van der Waals surface area contributed by atoms with Gasteiger partial charge in [-0.1, -0.05) is 30.3 Å². The standard InChI is InChI=1S/C18H18N4O2/c23-18(15-7-4-10-24-15)22-9-8-13(12-22)11-16-19-17(21-20-16)14-5-2-1-3-6-14/h1-7,10,13H,8-9,11-12H2,(H,19,20,21). The zero-order valence-electron chi connectivity index (χ0n) is 13.2. The highest BCUT2D eigenvalue weighted by Crippen LogP contribution is 2.22. The lowest BCUT2D eigenvalue weighted by atomic mass is 10.1. The number of amides is 1. The summed E-state index contributed by atoms with van der Waals surface area (Å²) in [5.74, 6) is 2.34. The molecule has 1 amide bonds.